The molecule has 2 aromatic carbocycles. The average Bonchev–Trinajstić information content (AvgIpc) is 2.72. The molecule has 0 heterocycles. The smallest absolute Gasteiger partial charge is 0.242 e. The van der Waals surface area contributed by atoms with Crippen molar-refractivity contribution in [2.45, 2.75) is 46.1 Å². The second-order valence-electron chi connectivity index (χ2n) is 7.62. The lowest BCUT2D eigenvalue weighted by Gasteiger charge is -2.29. The topological polar surface area (TPSA) is 49.4 Å². The van der Waals surface area contributed by atoms with Gasteiger partial charge in [0.15, 0.2) is 0 Å². The Hall–Kier alpha value is -2.62. The standard InChI is InChI=1S/C24H32N2O2/c1-19(2)18-25-24(28)20(3)26(17-16-22-12-8-5-9-13-22)23(27)15-14-21-10-6-4-7-11-21/h4-13,19-20H,14-18H2,1-3H3,(H,25,28). The zero-order valence-electron chi connectivity index (χ0n) is 17.2. The molecule has 0 radical (unpaired) electrons. The van der Waals surface area contributed by atoms with Crippen LogP contribution in [0.5, 0.6) is 0 Å². The van der Waals surface area contributed by atoms with Gasteiger partial charge in [-0.15, -0.1) is 0 Å². The lowest BCUT2D eigenvalue weighted by Crippen LogP contribution is -2.49. The normalized spacial score (nSPS) is 11.9. The fourth-order valence-corrected chi connectivity index (χ4v) is 3.06. The summed E-state index contributed by atoms with van der Waals surface area (Å²) >= 11 is 0. The third-order valence-corrected chi connectivity index (χ3v) is 4.81. The fourth-order valence-electron chi connectivity index (χ4n) is 3.06. The van der Waals surface area contributed by atoms with E-state index in [9.17, 15) is 9.59 Å². The van der Waals surface area contributed by atoms with Crippen LogP contribution in [0.4, 0.5) is 0 Å². The van der Waals surface area contributed by atoms with Crippen LogP contribution in [0, 0.1) is 5.92 Å². The minimum Gasteiger partial charge on any atom is -0.354 e. The number of amides is 2. The Bertz CT molecular complexity index is 729. The monoisotopic (exact) mass is 380 g/mol. The molecule has 0 aliphatic rings. The fraction of sp³-hybridized carbons (Fsp3) is 0.417. The summed E-state index contributed by atoms with van der Waals surface area (Å²) in [7, 11) is 0. The number of aryl methyl sites for hydroxylation is 1. The number of nitrogens with zero attached hydrogens (tertiary/aromatic N) is 1. The van der Waals surface area contributed by atoms with Gasteiger partial charge in [0.2, 0.25) is 11.8 Å². The van der Waals surface area contributed by atoms with Crippen LogP contribution >= 0.6 is 0 Å². The van der Waals surface area contributed by atoms with E-state index in [4.69, 9.17) is 0 Å². The molecule has 0 fully saturated rings. The van der Waals surface area contributed by atoms with Crippen molar-refractivity contribution in [2.24, 2.45) is 5.92 Å². The van der Waals surface area contributed by atoms with E-state index in [0.717, 1.165) is 17.5 Å². The summed E-state index contributed by atoms with van der Waals surface area (Å²) < 4.78 is 0. The Kier molecular flexibility index (Phi) is 8.73. The summed E-state index contributed by atoms with van der Waals surface area (Å²) in [6.45, 7) is 7.09. The minimum absolute atomic E-state index is 0.0204. The second kappa shape index (κ2) is 11.3. The Morgan fingerprint density at radius 1 is 0.857 bits per heavy atom. The van der Waals surface area contributed by atoms with E-state index in [-0.39, 0.29) is 11.8 Å². The average molecular weight is 381 g/mol. The zero-order valence-corrected chi connectivity index (χ0v) is 17.2. The number of benzene rings is 2. The maximum Gasteiger partial charge on any atom is 0.242 e. The second-order valence-corrected chi connectivity index (χ2v) is 7.62. The SMILES string of the molecule is CC(C)CNC(=O)C(C)N(CCc1ccccc1)C(=O)CCc1ccccc1. The van der Waals surface area contributed by atoms with Gasteiger partial charge in [0.25, 0.3) is 0 Å². The van der Waals surface area contributed by atoms with Crippen molar-refractivity contribution in [2.75, 3.05) is 13.1 Å². The van der Waals surface area contributed by atoms with E-state index in [0.29, 0.717) is 31.8 Å². The molecule has 0 aliphatic carbocycles. The highest BCUT2D eigenvalue weighted by Crippen LogP contribution is 2.10. The van der Waals surface area contributed by atoms with E-state index in [1.165, 1.54) is 0 Å². The number of carbonyl (C=O) groups excluding carboxylic acids is 2. The van der Waals surface area contributed by atoms with Crippen molar-refractivity contribution < 1.29 is 9.59 Å². The van der Waals surface area contributed by atoms with E-state index in [1.54, 1.807) is 4.90 Å². The molecule has 1 atom stereocenters. The van der Waals surface area contributed by atoms with Gasteiger partial charge in [-0.2, -0.15) is 0 Å². The summed E-state index contributed by atoms with van der Waals surface area (Å²) in [5.74, 6) is 0.310. The zero-order chi connectivity index (χ0) is 20.4. The van der Waals surface area contributed by atoms with E-state index in [1.807, 2.05) is 55.5 Å². The van der Waals surface area contributed by atoms with Crippen molar-refractivity contribution in [3.63, 3.8) is 0 Å². The van der Waals surface area contributed by atoms with E-state index < -0.39 is 6.04 Å². The highest BCUT2D eigenvalue weighted by atomic mass is 16.2. The largest absolute Gasteiger partial charge is 0.354 e. The molecule has 2 amide bonds. The van der Waals surface area contributed by atoms with Crippen LogP contribution in [-0.2, 0) is 22.4 Å². The predicted octanol–water partition coefficient (Wildman–Crippen LogP) is 3.85. The highest BCUT2D eigenvalue weighted by Gasteiger charge is 2.25. The minimum atomic E-state index is -0.481. The molecule has 2 aromatic rings. The first kappa shape index (κ1) is 21.7. The van der Waals surface area contributed by atoms with Crippen molar-refractivity contribution in [1.29, 1.82) is 0 Å². The van der Waals surface area contributed by atoms with Crippen molar-refractivity contribution in [3.05, 3.63) is 71.8 Å². The lowest BCUT2D eigenvalue weighted by atomic mass is 10.1. The van der Waals surface area contributed by atoms with Crippen LogP contribution < -0.4 is 5.32 Å². The molecule has 4 heteroatoms. The summed E-state index contributed by atoms with van der Waals surface area (Å²) in [5.41, 5.74) is 2.30. The van der Waals surface area contributed by atoms with Gasteiger partial charge in [0.1, 0.15) is 6.04 Å². The van der Waals surface area contributed by atoms with Crippen molar-refractivity contribution in [3.8, 4) is 0 Å². The molecule has 28 heavy (non-hydrogen) atoms. The third kappa shape index (κ3) is 7.18. The molecule has 1 unspecified atom stereocenters. The van der Waals surface area contributed by atoms with Crippen LogP contribution in [0.25, 0.3) is 0 Å². The number of nitrogens with one attached hydrogen (secondary N) is 1. The van der Waals surface area contributed by atoms with Gasteiger partial charge in [-0.05, 0) is 36.8 Å². The van der Waals surface area contributed by atoms with Crippen LogP contribution in [-0.4, -0.2) is 35.8 Å². The number of rotatable bonds is 10. The molecule has 0 aliphatic heterocycles. The summed E-state index contributed by atoms with van der Waals surface area (Å²) in [5, 5.41) is 2.96. The first-order chi connectivity index (χ1) is 13.5. The molecule has 0 aromatic heterocycles. The molecule has 4 nitrogen and oxygen atoms in total. The van der Waals surface area contributed by atoms with Gasteiger partial charge in [0, 0.05) is 19.5 Å². The molecule has 2 rings (SSSR count). The molecule has 0 spiro atoms. The van der Waals surface area contributed by atoms with E-state index in [2.05, 4.69) is 31.3 Å². The number of hydrogen-bond acceptors (Lipinski definition) is 2. The van der Waals surface area contributed by atoms with Gasteiger partial charge in [0.05, 0.1) is 0 Å². The van der Waals surface area contributed by atoms with Gasteiger partial charge < -0.3 is 10.2 Å². The molecular formula is C24H32N2O2. The lowest BCUT2D eigenvalue weighted by molar-refractivity contribution is -0.139. The summed E-state index contributed by atoms with van der Waals surface area (Å²) in [6, 6.07) is 19.6. The molecule has 0 bridgehead atoms. The van der Waals surface area contributed by atoms with Crippen LogP contribution in [0.1, 0.15) is 38.3 Å². The quantitative estimate of drug-likeness (QED) is 0.681. The Morgan fingerprint density at radius 3 is 1.93 bits per heavy atom. The summed E-state index contributed by atoms with van der Waals surface area (Å²) in [4.78, 5) is 27.3. The molecule has 1 N–H and O–H groups in total. The predicted molar refractivity (Wildman–Crippen MR) is 114 cm³/mol. The first-order valence-corrected chi connectivity index (χ1v) is 10.1. The molecular weight excluding hydrogens is 348 g/mol. The van der Waals surface area contributed by atoms with Crippen LogP contribution in [0.15, 0.2) is 60.7 Å². The highest BCUT2D eigenvalue weighted by molar-refractivity contribution is 5.87. The van der Waals surface area contributed by atoms with E-state index >= 15 is 0 Å². The van der Waals surface area contributed by atoms with Gasteiger partial charge in [-0.1, -0.05) is 74.5 Å². The van der Waals surface area contributed by atoms with Crippen molar-refractivity contribution >= 4 is 11.8 Å². The van der Waals surface area contributed by atoms with Crippen LogP contribution in [0.3, 0.4) is 0 Å². The number of carbonyl (C=O) groups is 2. The Balaban J connectivity index is 2.03. The Labute approximate surface area is 169 Å². The van der Waals surface area contributed by atoms with Crippen molar-refractivity contribution in [1.82, 2.24) is 10.2 Å². The molecule has 150 valence electrons. The summed E-state index contributed by atoms with van der Waals surface area (Å²) in [6.07, 6.45) is 1.82. The third-order valence-electron chi connectivity index (χ3n) is 4.81. The molecule has 0 saturated heterocycles. The van der Waals surface area contributed by atoms with Crippen LogP contribution in [0.2, 0.25) is 0 Å². The molecule has 0 saturated carbocycles. The van der Waals surface area contributed by atoms with Gasteiger partial charge in [-0.25, -0.2) is 0 Å². The maximum atomic E-state index is 13.0. The van der Waals surface area contributed by atoms with Gasteiger partial charge in [-0.3, -0.25) is 9.59 Å². The Morgan fingerprint density at radius 2 is 1.39 bits per heavy atom. The first-order valence-electron chi connectivity index (χ1n) is 10.1. The van der Waals surface area contributed by atoms with Gasteiger partial charge >= 0.3 is 0 Å². The number of hydrogen-bond donors (Lipinski definition) is 1. The maximum absolute atomic E-state index is 13.0.